The molecule has 0 spiro atoms. The first-order chi connectivity index (χ1) is 13.2. The molecule has 0 saturated heterocycles. The van der Waals surface area contributed by atoms with E-state index in [1.807, 2.05) is 0 Å². The van der Waals surface area contributed by atoms with E-state index in [-0.39, 0.29) is 29.6 Å². The van der Waals surface area contributed by atoms with Gasteiger partial charge in [0, 0.05) is 5.56 Å². The summed E-state index contributed by atoms with van der Waals surface area (Å²) in [5.74, 6) is -0.568. The van der Waals surface area contributed by atoms with E-state index in [0.29, 0.717) is 17.7 Å². The number of aromatic nitrogens is 2. The summed E-state index contributed by atoms with van der Waals surface area (Å²) in [6.07, 6.45) is 2.67. The Labute approximate surface area is 161 Å². The third-order valence-electron chi connectivity index (χ3n) is 4.00. The van der Waals surface area contributed by atoms with Crippen LogP contribution in [-0.2, 0) is 20.7 Å². The van der Waals surface area contributed by atoms with Crippen LogP contribution in [0.1, 0.15) is 21.5 Å². The topological polar surface area (TPSA) is 104 Å². The number of benzene rings is 2. The third-order valence-corrected chi connectivity index (χ3v) is 4.59. The molecule has 0 aliphatic heterocycles. The summed E-state index contributed by atoms with van der Waals surface area (Å²) in [7, 11) is -3.51. The molecule has 3 aromatic rings. The minimum absolute atomic E-state index is 0.0128. The van der Waals surface area contributed by atoms with Crippen LogP contribution in [0, 0.1) is 5.82 Å². The normalized spacial score (nSPS) is 11.5. The maximum absolute atomic E-state index is 13.1. The third kappa shape index (κ3) is 4.62. The maximum Gasteiger partial charge on any atom is 0.264 e. The van der Waals surface area contributed by atoms with Gasteiger partial charge in [-0.15, -0.1) is 0 Å². The monoisotopic (exact) mass is 403 g/mol. The predicted molar refractivity (Wildman–Crippen MR) is 102 cm³/mol. The van der Waals surface area contributed by atoms with E-state index in [0.717, 1.165) is 11.8 Å². The van der Waals surface area contributed by atoms with Crippen molar-refractivity contribution in [3.05, 3.63) is 77.2 Å². The molecule has 1 aromatic heterocycles. The smallest absolute Gasteiger partial charge is 0.264 e. The van der Waals surface area contributed by atoms with Crippen molar-refractivity contribution in [1.82, 2.24) is 9.78 Å². The molecular weight excluding hydrogens is 385 g/mol. The van der Waals surface area contributed by atoms with Gasteiger partial charge in [0.1, 0.15) is 11.6 Å². The quantitative estimate of drug-likeness (QED) is 0.480. The Balaban J connectivity index is 1.81. The summed E-state index contributed by atoms with van der Waals surface area (Å²) in [6, 6.07) is 12.3. The molecule has 0 fully saturated rings. The zero-order chi connectivity index (χ0) is 20.3. The Kier molecular flexibility index (Phi) is 5.57. The second-order valence-electron chi connectivity index (χ2n) is 6.14. The Morgan fingerprint density at radius 1 is 1.21 bits per heavy atom. The lowest BCUT2D eigenvalue weighted by Crippen LogP contribution is -2.09. The van der Waals surface area contributed by atoms with Crippen LogP contribution in [0.3, 0.4) is 0 Å². The second-order valence-corrected chi connectivity index (χ2v) is 7.78. The molecule has 0 radical (unpaired) electrons. The van der Waals surface area contributed by atoms with E-state index >= 15 is 0 Å². The molecule has 7 nitrogen and oxygen atoms in total. The molecular formula is C19H18FN3O4S. The lowest BCUT2D eigenvalue weighted by Gasteiger charge is -2.06. The number of nitrogen functional groups attached to an aromatic ring is 1. The van der Waals surface area contributed by atoms with Crippen LogP contribution >= 0.6 is 0 Å². The largest absolute Gasteiger partial charge is 0.383 e. The van der Waals surface area contributed by atoms with Crippen molar-refractivity contribution in [3.63, 3.8) is 0 Å². The van der Waals surface area contributed by atoms with Gasteiger partial charge in [0.15, 0.2) is 5.78 Å². The van der Waals surface area contributed by atoms with Gasteiger partial charge in [0.05, 0.1) is 30.3 Å². The molecule has 0 unspecified atom stereocenters. The van der Waals surface area contributed by atoms with Crippen molar-refractivity contribution in [3.8, 4) is 5.69 Å². The highest BCUT2D eigenvalue weighted by atomic mass is 32.2. The second kappa shape index (κ2) is 7.91. The van der Waals surface area contributed by atoms with Crippen molar-refractivity contribution in [1.29, 1.82) is 0 Å². The fraction of sp³-hybridized carbons (Fsp3) is 0.158. The highest BCUT2D eigenvalue weighted by molar-refractivity contribution is 7.85. The minimum Gasteiger partial charge on any atom is -0.383 e. The molecule has 2 aromatic carbocycles. The Hall–Kier alpha value is -3.04. The van der Waals surface area contributed by atoms with Crippen molar-refractivity contribution in [2.24, 2.45) is 0 Å². The maximum atomic E-state index is 13.1. The van der Waals surface area contributed by atoms with E-state index in [1.165, 1.54) is 35.1 Å². The van der Waals surface area contributed by atoms with E-state index in [2.05, 4.69) is 5.10 Å². The molecule has 0 atom stereocenters. The molecule has 146 valence electrons. The molecule has 1 heterocycles. The van der Waals surface area contributed by atoms with Gasteiger partial charge in [-0.2, -0.15) is 13.5 Å². The van der Waals surface area contributed by atoms with Crippen molar-refractivity contribution >= 4 is 21.7 Å². The SMILES string of the molecule is CS(=O)(=O)OCCc1cccc(C(=O)c2cnn(-c3ccc(F)cc3)c2N)c1. The summed E-state index contributed by atoms with van der Waals surface area (Å²) in [5, 5.41) is 4.12. The summed E-state index contributed by atoms with van der Waals surface area (Å²) in [6.45, 7) is -0.0128. The Bertz CT molecular complexity index is 1110. The van der Waals surface area contributed by atoms with Crippen LogP contribution in [0.15, 0.2) is 54.7 Å². The molecule has 0 saturated carbocycles. The van der Waals surface area contributed by atoms with Crippen LogP contribution in [0.4, 0.5) is 10.2 Å². The molecule has 9 heteroatoms. The van der Waals surface area contributed by atoms with Crippen molar-refractivity contribution in [2.45, 2.75) is 6.42 Å². The number of carbonyl (C=O) groups excluding carboxylic acids is 1. The minimum atomic E-state index is -3.51. The Morgan fingerprint density at radius 2 is 1.93 bits per heavy atom. The molecule has 0 amide bonds. The highest BCUT2D eigenvalue weighted by Gasteiger charge is 2.18. The van der Waals surface area contributed by atoms with Gasteiger partial charge in [0.2, 0.25) is 0 Å². The average molecular weight is 403 g/mol. The average Bonchev–Trinajstić information content (AvgIpc) is 3.02. The standard InChI is InChI=1S/C19H18FN3O4S/c1-28(25,26)27-10-9-13-3-2-4-14(11-13)18(24)17-12-22-23(19(17)21)16-7-5-15(20)6-8-16/h2-8,11-12H,9-10,21H2,1H3. The number of anilines is 1. The van der Waals surface area contributed by atoms with Gasteiger partial charge in [-0.3, -0.25) is 8.98 Å². The number of hydrogen-bond donors (Lipinski definition) is 1. The molecule has 0 bridgehead atoms. The van der Waals surface area contributed by atoms with Crippen molar-refractivity contribution in [2.75, 3.05) is 18.6 Å². The molecule has 28 heavy (non-hydrogen) atoms. The van der Waals surface area contributed by atoms with Crippen LogP contribution in [0.25, 0.3) is 5.69 Å². The number of ketones is 1. The first-order valence-electron chi connectivity index (χ1n) is 8.32. The number of nitrogens with zero attached hydrogens (tertiary/aromatic N) is 2. The number of nitrogens with two attached hydrogens (primary N) is 1. The number of rotatable bonds is 7. The summed E-state index contributed by atoms with van der Waals surface area (Å²) < 4.78 is 41.2. The van der Waals surface area contributed by atoms with Gasteiger partial charge >= 0.3 is 0 Å². The van der Waals surface area contributed by atoms with Gasteiger partial charge < -0.3 is 5.73 Å². The van der Waals surface area contributed by atoms with E-state index in [4.69, 9.17) is 9.92 Å². The molecule has 2 N–H and O–H groups in total. The fourth-order valence-electron chi connectivity index (χ4n) is 2.66. The molecule has 0 aliphatic carbocycles. The zero-order valence-corrected chi connectivity index (χ0v) is 15.8. The van der Waals surface area contributed by atoms with E-state index < -0.39 is 10.1 Å². The molecule has 0 aliphatic rings. The highest BCUT2D eigenvalue weighted by Crippen LogP contribution is 2.21. The summed E-state index contributed by atoms with van der Waals surface area (Å²) in [5.41, 5.74) is 7.97. The Morgan fingerprint density at radius 3 is 2.61 bits per heavy atom. The lowest BCUT2D eigenvalue weighted by atomic mass is 10.0. The fourth-order valence-corrected chi connectivity index (χ4v) is 3.04. The van der Waals surface area contributed by atoms with E-state index in [1.54, 1.807) is 24.3 Å². The number of carbonyl (C=O) groups is 1. The predicted octanol–water partition coefficient (Wildman–Crippen LogP) is 2.34. The number of halogens is 1. The molecule has 3 rings (SSSR count). The van der Waals surface area contributed by atoms with Gasteiger partial charge in [0.25, 0.3) is 10.1 Å². The van der Waals surface area contributed by atoms with Crippen LogP contribution < -0.4 is 5.73 Å². The van der Waals surface area contributed by atoms with Gasteiger partial charge in [-0.1, -0.05) is 18.2 Å². The lowest BCUT2D eigenvalue weighted by molar-refractivity contribution is 0.103. The van der Waals surface area contributed by atoms with Crippen LogP contribution in [0.2, 0.25) is 0 Å². The van der Waals surface area contributed by atoms with Gasteiger partial charge in [-0.05, 0) is 42.3 Å². The van der Waals surface area contributed by atoms with E-state index in [9.17, 15) is 17.6 Å². The van der Waals surface area contributed by atoms with Crippen LogP contribution in [0.5, 0.6) is 0 Å². The summed E-state index contributed by atoms with van der Waals surface area (Å²) in [4.78, 5) is 12.8. The zero-order valence-electron chi connectivity index (χ0n) is 15.0. The first kappa shape index (κ1) is 19.7. The summed E-state index contributed by atoms with van der Waals surface area (Å²) >= 11 is 0. The van der Waals surface area contributed by atoms with Gasteiger partial charge in [-0.25, -0.2) is 9.07 Å². The first-order valence-corrected chi connectivity index (χ1v) is 10.1. The number of hydrogen-bond acceptors (Lipinski definition) is 6. The van der Waals surface area contributed by atoms with Crippen LogP contribution in [-0.4, -0.2) is 36.8 Å². The van der Waals surface area contributed by atoms with Crippen molar-refractivity contribution < 1.29 is 21.8 Å².